The van der Waals surface area contributed by atoms with E-state index in [2.05, 4.69) is 15.2 Å². The Morgan fingerprint density at radius 2 is 2.11 bits per heavy atom. The van der Waals surface area contributed by atoms with Crippen LogP contribution in [0.25, 0.3) is 0 Å². The van der Waals surface area contributed by atoms with Gasteiger partial charge in [-0.3, -0.25) is 14.7 Å². The van der Waals surface area contributed by atoms with Crippen molar-refractivity contribution >= 4 is 5.91 Å². The zero-order chi connectivity index (χ0) is 13.5. The summed E-state index contributed by atoms with van der Waals surface area (Å²) in [5.74, 6) is 0.0417. The van der Waals surface area contributed by atoms with Crippen LogP contribution in [0.1, 0.15) is 24.9 Å². The first-order valence-corrected chi connectivity index (χ1v) is 6.12. The van der Waals surface area contributed by atoms with Crippen LogP contribution in [-0.2, 0) is 4.79 Å². The van der Waals surface area contributed by atoms with E-state index in [1.807, 2.05) is 26.1 Å². The lowest BCUT2D eigenvalue weighted by Crippen LogP contribution is -2.39. The summed E-state index contributed by atoms with van der Waals surface area (Å²) in [6, 6.07) is 4.01. The van der Waals surface area contributed by atoms with Crippen LogP contribution < -0.4 is 11.1 Å². The van der Waals surface area contributed by atoms with Gasteiger partial charge in [-0.05, 0) is 31.7 Å². The molecule has 1 rings (SSSR count). The van der Waals surface area contributed by atoms with Gasteiger partial charge in [0.1, 0.15) is 0 Å². The number of pyridine rings is 1. The number of amides is 1. The molecule has 1 aromatic rings. The topological polar surface area (TPSA) is 71.2 Å². The molecule has 0 saturated carbocycles. The summed E-state index contributed by atoms with van der Waals surface area (Å²) >= 11 is 0. The number of rotatable bonds is 6. The van der Waals surface area contributed by atoms with Gasteiger partial charge in [-0.2, -0.15) is 0 Å². The number of carbonyl (C=O) groups excluding carboxylic acids is 1. The molecule has 0 aliphatic heterocycles. The van der Waals surface area contributed by atoms with Crippen molar-refractivity contribution in [1.29, 1.82) is 0 Å². The fraction of sp³-hybridized carbons (Fsp3) is 0.538. The van der Waals surface area contributed by atoms with Gasteiger partial charge >= 0.3 is 0 Å². The predicted molar refractivity (Wildman–Crippen MR) is 71.9 cm³/mol. The molecule has 1 heterocycles. The summed E-state index contributed by atoms with van der Waals surface area (Å²) < 4.78 is 0. The maximum absolute atomic E-state index is 11.3. The third-order valence-corrected chi connectivity index (χ3v) is 2.99. The largest absolute Gasteiger partial charge is 0.359 e. The molecule has 0 spiro atoms. The summed E-state index contributed by atoms with van der Waals surface area (Å²) in [7, 11) is 3.63. The van der Waals surface area contributed by atoms with Crippen LogP contribution in [0.3, 0.4) is 0 Å². The van der Waals surface area contributed by atoms with Gasteiger partial charge in [-0.15, -0.1) is 0 Å². The van der Waals surface area contributed by atoms with E-state index in [1.165, 1.54) is 0 Å². The average molecular weight is 250 g/mol. The summed E-state index contributed by atoms with van der Waals surface area (Å²) in [6.07, 6.45) is 4.00. The molecule has 2 atom stereocenters. The zero-order valence-corrected chi connectivity index (χ0v) is 11.3. The molecular formula is C13H22N4O. The molecule has 3 N–H and O–H groups in total. The molecule has 0 radical (unpaired) electrons. The van der Waals surface area contributed by atoms with E-state index >= 15 is 0 Å². The quantitative estimate of drug-likeness (QED) is 0.773. The number of nitrogens with zero attached hydrogens (tertiary/aromatic N) is 2. The van der Waals surface area contributed by atoms with Crippen molar-refractivity contribution in [3.05, 3.63) is 30.1 Å². The van der Waals surface area contributed by atoms with Gasteiger partial charge in [0, 0.05) is 44.5 Å². The van der Waals surface area contributed by atoms with Gasteiger partial charge in [0.25, 0.3) is 0 Å². The first-order chi connectivity index (χ1) is 8.56. The Labute approximate surface area is 108 Å². The van der Waals surface area contributed by atoms with Gasteiger partial charge in [0.05, 0.1) is 0 Å². The van der Waals surface area contributed by atoms with Gasteiger partial charge in [0.15, 0.2) is 0 Å². The van der Waals surface area contributed by atoms with Crippen molar-refractivity contribution in [3.63, 3.8) is 0 Å². The number of nitrogens with one attached hydrogen (secondary N) is 1. The van der Waals surface area contributed by atoms with E-state index in [0.29, 0.717) is 13.0 Å². The van der Waals surface area contributed by atoms with Crippen LogP contribution in [0.2, 0.25) is 0 Å². The third-order valence-electron chi connectivity index (χ3n) is 2.99. The normalized spacial score (nSPS) is 14.3. The zero-order valence-electron chi connectivity index (χ0n) is 11.3. The standard InChI is InChI=1S/C13H22N4O/c1-10(14)13(11-4-7-16-8-5-11)17(3)9-6-12(18)15-2/h4-5,7-8,10,13H,6,9,14H2,1-3H3,(H,15,18). The van der Waals surface area contributed by atoms with Crippen LogP contribution >= 0.6 is 0 Å². The molecule has 18 heavy (non-hydrogen) atoms. The fourth-order valence-electron chi connectivity index (χ4n) is 2.06. The van der Waals surface area contributed by atoms with E-state index < -0.39 is 0 Å². The van der Waals surface area contributed by atoms with Crippen molar-refractivity contribution in [1.82, 2.24) is 15.2 Å². The Bertz CT molecular complexity index is 367. The van der Waals surface area contributed by atoms with Crippen LogP contribution in [0.5, 0.6) is 0 Å². The van der Waals surface area contributed by atoms with Crippen molar-refractivity contribution in [3.8, 4) is 0 Å². The van der Waals surface area contributed by atoms with Crippen molar-refractivity contribution in [2.75, 3.05) is 20.6 Å². The van der Waals surface area contributed by atoms with Gasteiger partial charge in [0.2, 0.25) is 5.91 Å². The highest BCUT2D eigenvalue weighted by atomic mass is 16.1. The van der Waals surface area contributed by atoms with E-state index in [1.54, 1.807) is 19.4 Å². The second-order valence-corrected chi connectivity index (χ2v) is 4.49. The highest BCUT2D eigenvalue weighted by molar-refractivity contribution is 5.75. The number of hydrogen-bond donors (Lipinski definition) is 2. The lowest BCUT2D eigenvalue weighted by molar-refractivity contribution is -0.121. The lowest BCUT2D eigenvalue weighted by Gasteiger charge is -2.31. The van der Waals surface area contributed by atoms with Crippen LogP contribution in [0.4, 0.5) is 0 Å². The molecule has 1 aromatic heterocycles. The Morgan fingerprint density at radius 3 is 2.61 bits per heavy atom. The van der Waals surface area contributed by atoms with E-state index in [-0.39, 0.29) is 18.0 Å². The van der Waals surface area contributed by atoms with Gasteiger partial charge in [-0.1, -0.05) is 0 Å². The van der Waals surface area contributed by atoms with E-state index in [0.717, 1.165) is 5.56 Å². The van der Waals surface area contributed by atoms with Crippen molar-refractivity contribution in [2.24, 2.45) is 5.73 Å². The van der Waals surface area contributed by atoms with Crippen LogP contribution in [0.15, 0.2) is 24.5 Å². The second-order valence-electron chi connectivity index (χ2n) is 4.49. The molecule has 2 unspecified atom stereocenters. The molecule has 0 saturated heterocycles. The highest BCUT2D eigenvalue weighted by Gasteiger charge is 2.21. The number of nitrogens with two attached hydrogens (primary N) is 1. The molecule has 1 amide bonds. The van der Waals surface area contributed by atoms with E-state index in [4.69, 9.17) is 5.73 Å². The average Bonchev–Trinajstić information content (AvgIpc) is 2.37. The predicted octanol–water partition coefficient (Wildman–Crippen LogP) is 0.538. The molecule has 5 heteroatoms. The maximum Gasteiger partial charge on any atom is 0.221 e. The third kappa shape index (κ3) is 4.09. The fourth-order valence-corrected chi connectivity index (χ4v) is 2.06. The highest BCUT2D eigenvalue weighted by Crippen LogP contribution is 2.21. The number of carbonyl (C=O) groups is 1. The lowest BCUT2D eigenvalue weighted by atomic mass is 10.0. The smallest absolute Gasteiger partial charge is 0.221 e. The minimum atomic E-state index is -0.0120. The Kier molecular flexibility index (Phi) is 5.74. The summed E-state index contributed by atoms with van der Waals surface area (Å²) in [6.45, 7) is 2.65. The maximum atomic E-state index is 11.3. The van der Waals surface area contributed by atoms with Crippen LogP contribution in [0, 0.1) is 0 Å². The number of likely N-dealkylation sites (N-methyl/N-ethyl adjacent to an activating group) is 1. The Balaban J connectivity index is 2.71. The van der Waals surface area contributed by atoms with Gasteiger partial charge < -0.3 is 11.1 Å². The molecule has 100 valence electrons. The first-order valence-electron chi connectivity index (χ1n) is 6.12. The molecule has 0 bridgehead atoms. The van der Waals surface area contributed by atoms with Crippen molar-refractivity contribution in [2.45, 2.75) is 25.4 Å². The van der Waals surface area contributed by atoms with E-state index in [9.17, 15) is 4.79 Å². The summed E-state index contributed by atoms with van der Waals surface area (Å²) in [5, 5.41) is 2.62. The Morgan fingerprint density at radius 1 is 1.50 bits per heavy atom. The second kappa shape index (κ2) is 7.08. The molecule has 0 aliphatic carbocycles. The molecule has 0 fully saturated rings. The molecule has 5 nitrogen and oxygen atoms in total. The minimum Gasteiger partial charge on any atom is -0.359 e. The van der Waals surface area contributed by atoms with Gasteiger partial charge in [-0.25, -0.2) is 0 Å². The number of aromatic nitrogens is 1. The molecule has 0 aliphatic rings. The summed E-state index contributed by atoms with van der Waals surface area (Å²) in [5.41, 5.74) is 7.17. The first kappa shape index (κ1) is 14.6. The number of hydrogen-bond acceptors (Lipinski definition) is 4. The summed E-state index contributed by atoms with van der Waals surface area (Å²) in [4.78, 5) is 17.4. The van der Waals surface area contributed by atoms with Crippen molar-refractivity contribution < 1.29 is 4.79 Å². The molecular weight excluding hydrogens is 228 g/mol. The monoisotopic (exact) mass is 250 g/mol. The minimum absolute atomic E-state index is 0.0120. The molecule has 0 aromatic carbocycles. The SMILES string of the molecule is CNC(=O)CCN(C)C(c1ccncc1)C(C)N. The van der Waals surface area contributed by atoms with Crippen LogP contribution in [-0.4, -0.2) is 42.5 Å². The Hall–Kier alpha value is -1.46.